The van der Waals surface area contributed by atoms with Gasteiger partial charge in [-0.15, -0.1) is 0 Å². The molecule has 6 heteroatoms. The van der Waals surface area contributed by atoms with Crippen LogP contribution in [0, 0.1) is 5.41 Å². The first kappa shape index (κ1) is 17.0. The van der Waals surface area contributed by atoms with Crippen LogP contribution in [-0.2, 0) is 20.8 Å². The van der Waals surface area contributed by atoms with Crippen LogP contribution in [0.25, 0.3) is 0 Å². The first-order valence-corrected chi connectivity index (χ1v) is 7.69. The second kappa shape index (κ2) is 6.81. The van der Waals surface area contributed by atoms with E-state index in [1.54, 1.807) is 13.8 Å². The van der Waals surface area contributed by atoms with Gasteiger partial charge in [0.2, 0.25) is 11.8 Å². The lowest BCUT2D eigenvalue weighted by molar-refractivity contribution is -0.147. The lowest BCUT2D eigenvalue weighted by atomic mass is 9.90. The number of benzene rings is 1. The number of anilines is 1. The molecule has 0 atom stereocenters. The minimum atomic E-state index is -0.896. The standard InChI is InChI=1S/C17H22N2O4/c1-17(2,16(22)23)9-10-18-14(20)11-19-13-6-4-3-5-12(13)7-8-15(19)21/h3-6H,7-11H2,1-2H3,(H,18,20)(H,22,23). The number of hydrogen-bond acceptors (Lipinski definition) is 3. The van der Waals surface area contributed by atoms with Gasteiger partial charge in [0, 0.05) is 18.7 Å². The van der Waals surface area contributed by atoms with Crippen molar-refractivity contribution >= 4 is 23.5 Å². The van der Waals surface area contributed by atoms with E-state index in [-0.39, 0.29) is 24.9 Å². The minimum absolute atomic E-state index is 0.0383. The largest absolute Gasteiger partial charge is 0.481 e. The monoisotopic (exact) mass is 318 g/mol. The summed E-state index contributed by atoms with van der Waals surface area (Å²) in [7, 11) is 0. The molecule has 0 saturated carbocycles. The maximum atomic E-state index is 12.1. The molecule has 1 aromatic carbocycles. The summed E-state index contributed by atoms with van der Waals surface area (Å²) in [5, 5.41) is 11.7. The lowest BCUT2D eigenvalue weighted by Gasteiger charge is -2.29. The number of para-hydroxylation sites is 1. The zero-order valence-electron chi connectivity index (χ0n) is 13.5. The van der Waals surface area contributed by atoms with Crippen molar-refractivity contribution in [1.29, 1.82) is 0 Å². The maximum Gasteiger partial charge on any atom is 0.309 e. The molecule has 6 nitrogen and oxygen atoms in total. The summed E-state index contributed by atoms with van der Waals surface area (Å²) in [6, 6.07) is 7.56. The number of aryl methyl sites for hydroxylation is 1. The van der Waals surface area contributed by atoms with Crippen LogP contribution < -0.4 is 10.2 Å². The summed E-state index contributed by atoms with van der Waals surface area (Å²) >= 11 is 0. The van der Waals surface area contributed by atoms with Crippen molar-refractivity contribution in [2.45, 2.75) is 33.1 Å². The Morgan fingerprint density at radius 2 is 1.96 bits per heavy atom. The number of fused-ring (bicyclic) bond motifs is 1. The van der Waals surface area contributed by atoms with E-state index in [1.807, 2.05) is 24.3 Å². The number of nitrogens with one attached hydrogen (secondary N) is 1. The second-order valence-corrected chi connectivity index (χ2v) is 6.40. The van der Waals surface area contributed by atoms with Gasteiger partial charge < -0.3 is 15.3 Å². The van der Waals surface area contributed by atoms with Crippen LogP contribution in [0.3, 0.4) is 0 Å². The first-order valence-electron chi connectivity index (χ1n) is 7.69. The maximum absolute atomic E-state index is 12.1. The second-order valence-electron chi connectivity index (χ2n) is 6.40. The van der Waals surface area contributed by atoms with Crippen molar-refractivity contribution in [2.24, 2.45) is 5.41 Å². The fourth-order valence-corrected chi connectivity index (χ4v) is 2.49. The summed E-state index contributed by atoms with van der Waals surface area (Å²) in [5.41, 5.74) is 0.956. The highest BCUT2D eigenvalue weighted by Crippen LogP contribution is 2.27. The van der Waals surface area contributed by atoms with Gasteiger partial charge in [0.1, 0.15) is 6.54 Å². The van der Waals surface area contributed by atoms with Gasteiger partial charge in [0.15, 0.2) is 0 Å². The number of nitrogens with zero attached hydrogens (tertiary/aromatic N) is 1. The van der Waals surface area contributed by atoms with Crippen LogP contribution in [0.5, 0.6) is 0 Å². The fraction of sp³-hybridized carbons (Fsp3) is 0.471. The molecule has 1 aliphatic rings. The summed E-state index contributed by atoms with van der Waals surface area (Å²) in [6.07, 6.45) is 1.43. The Bertz CT molecular complexity index is 625. The summed E-state index contributed by atoms with van der Waals surface area (Å²) in [5.74, 6) is -1.24. The number of rotatable bonds is 6. The molecule has 0 radical (unpaired) electrons. The van der Waals surface area contributed by atoms with Crippen molar-refractivity contribution in [1.82, 2.24) is 5.32 Å². The number of carboxylic acids is 1. The Morgan fingerprint density at radius 3 is 2.65 bits per heavy atom. The van der Waals surface area contributed by atoms with E-state index in [0.29, 0.717) is 19.3 Å². The molecule has 0 unspecified atom stereocenters. The van der Waals surface area contributed by atoms with Gasteiger partial charge in [-0.25, -0.2) is 0 Å². The van der Waals surface area contributed by atoms with E-state index >= 15 is 0 Å². The molecule has 1 heterocycles. The molecule has 2 rings (SSSR count). The predicted molar refractivity (Wildman–Crippen MR) is 86.2 cm³/mol. The van der Waals surface area contributed by atoms with E-state index in [2.05, 4.69) is 5.32 Å². The van der Waals surface area contributed by atoms with Gasteiger partial charge >= 0.3 is 5.97 Å². The molecule has 0 saturated heterocycles. The van der Waals surface area contributed by atoms with E-state index < -0.39 is 11.4 Å². The van der Waals surface area contributed by atoms with Crippen LogP contribution >= 0.6 is 0 Å². The Kier molecular flexibility index (Phi) is 5.03. The molecule has 0 aliphatic carbocycles. The Labute approximate surface area is 135 Å². The van der Waals surface area contributed by atoms with E-state index in [0.717, 1.165) is 11.3 Å². The molecular formula is C17H22N2O4. The lowest BCUT2D eigenvalue weighted by Crippen LogP contribution is -2.43. The molecule has 2 N–H and O–H groups in total. The van der Waals surface area contributed by atoms with Crippen LogP contribution in [0.4, 0.5) is 5.69 Å². The van der Waals surface area contributed by atoms with Crippen molar-refractivity contribution in [3.8, 4) is 0 Å². The van der Waals surface area contributed by atoms with E-state index in [4.69, 9.17) is 5.11 Å². The smallest absolute Gasteiger partial charge is 0.309 e. The third-order valence-corrected chi connectivity index (χ3v) is 4.14. The van der Waals surface area contributed by atoms with E-state index in [1.165, 1.54) is 4.90 Å². The molecule has 1 aliphatic heterocycles. The van der Waals surface area contributed by atoms with Crippen LogP contribution in [0.1, 0.15) is 32.3 Å². The SMILES string of the molecule is CC(C)(CCNC(=O)CN1C(=O)CCc2ccccc21)C(=O)O. The quantitative estimate of drug-likeness (QED) is 0.834. The molecule has 0 aromatic heterocycles. The molecule has 0 bridgehead atoms. The van der Waals surface area contributed by atoms with Crippen molar-refractivity contribution in [3.05, 3.63) is 29.8 Å². The topological polar surface area (TPSA) is 86.7 Å². The molecule has 1 aromatic rings. The highest BCUT2D eigenvalue weighted by atomic mass is 16.4. The summed E-state index contributed by atoms with van der Waals surface area (Å²) in [4.78, 5) is 36.7. The molecule has 0 fully saturated rings. The van der Waals surface area contributed by atoms with Gasteiger partial charge in [0.05, 0.1) is 5.41 Å². The third-order valence-electron chi connectivity index (χ3n) is 4.14. The van der Waals surface area contributed by atoms with Crippen LogP contribution in [0.15, 0.2) is 24.3 Å². The number of aliphatic carboxylic acids is 1. The molecule has 2 amide bonds. The number of carbonyl (C=O) groups is 3. The molecule has 0 spiro atoms. The first-order chi connectivity index (χ1) is 10.8. The number of carbonyl (C=O) groups excluding carboxylic acids is 2. The fourth-order valence-electron chi connectivity index (χ4n) is 2.49. The number of amides is 2. The zero-order valence-corrected chi connectivity index (χ0v) is 13.5. The molecule has 23 heavy (non-hydrogen) atoms. The van der Waals surface area contributed by atoms with Crippen molar-refractivity contribution in [3.63, 3.8) is 0 Å². The predicted octanol–water partition coefficient (Wildman–Crippen LogP) is 1.58. The average molecular weight is 318 g/mol. The number of hydrogen-bond donors (Lipinski definition) is 2. The number of carboxylic acid groups (broad SMARTS) is 1. The zero-order chi connectivity index (χ0) is 17.0. The summed E-state index contributed by atoms with van der Waals surface area (Å²) in [6.45, 7) is 3.46. The van der Waals surface area contributed by atoms with Gasteiger partial charge in [-0.2, -0.15) is 0 Å². The Hall–Kier alpha value is -2.37. The highest BCUT2D eigenvalue weighted by Gasteiger charge is 2.28. The van der Waals surface area contributed by atoms with Crippen molar-refractivity contribution in [2.75, 3.05) is 18.0 Å². The normalized spacial score (nSPS) is 14.3. The average Bonchev–Trinajstić information content (AvgIpc) is 2.50. The van der Waals surface area contributed by atoms with Gasteiger partial charge in [0.25, 0.3) is 0 Å². The molecule has 124 valence electrons. The van der Waals surface area contributed by atoms with E-state index in [9.17, 15) is 14.4 Å². The molecular weight excluding hydrogens is 296 g/mol. The van der Waals surface area contributed by atoms with Gasteiger partial charge in [-0.3, -0.25) is 14.4 Å². The summed E-state index contributed by atoms with van der Waals surface area (Å²) < 4.78 is 0. The van der Waals surface area contributed by atoms with Gasteiger partial charge in [-0.1, -0.05) is 18.2 Å². The highest BCUT2D eigenvalue weighted by molar-refractivity contribution is 6.01. The Morgan fingerprint density at radius 1 is 1.26 bits per heavy atom. The van der Waals surface area contributed by atoms with Gasteiger partial charge in [-0.05, 0) is 38.3 Å². The Balaban J connectivity index is 1.93. The van der Waals surface area contributed by atoms with Crippen molar-refractivity contribution < 1.29 is 19.5 Å². The van der Waals surface area contributed by atoms with Crippen LogP contribution in [-0.4, -0.2) is 36.0 Å². The van der Waals surface area contributed by atoms with Crippen LogP contribution in [0.2, 0.25) is 0 Å². The minimum Gasteiger partial charge on any atom is -0.481 e. The third kappa shape index (κ3) is 4.09.